The van der Waals surface area contributed by atoms with Gasteiger partial charge in [-0.1, -0.05) is 29.8 Å². The molecule has 0 unspecified atom stereocenters. The summed E-state index contributed by atoms with van der Waals surface area (Å²) in [6, 6.07) is 9.47. The summed E-state index contributed by atoms with van der Waals surface area (Å²) in [4.78, 5) is 23.8. The maximum Gasteiger partial charge on any atom is 0.311 e. The van der Waals surface area contributed by atoms with E-state index in [4.69, 9.17) is 16.3 Å². The second-order valence-corrected chi connectivity index (χ2v) is 5.43. The molecule has 2 aromatic rings. The van der Waals surface area contributed by atoms with Crippen molar-refractivity contribution >= 4 is 29.2 Å². The molecule has 0 aliphatic rings. The van der Waals surface area contributed by atoms with Gasteiger partial charge in [-0.15, -0.1) is 0 Å². The molecule has 24 heavy (non-hydrogen) atoms. The molecule has 7 heteroatoms. The molecular weight excluding hydrogens is 340 g/mol. The van der Waals surface area contributed by atoms with Crippen LogP contribution in [0, 0.1) is 11.6 Å². The molecular formula is C17H14ClF2NO3. The zero-order chi connectivity index (χ0) is 17.7. The van der Waals surface area contributed by atoms with E-state index in [0.717, 1.165) is 6.07 Å². The lowest BCUT2D eigenvalue weighted by atomic mass is 10.1. The summed E-state index contributed by atoms with van der Waals surface area (Å²) in [5.74, 6) is -2.48. The normalized spacial score (nSPS) is 11.7. The molecule has 1 amide bonds. The number of rotatable bonds is 5. The lowest BCUT2D eigenvalue weighted by Crippen LogP contribution is -2.30. The molecule has 0 aliphatic heterocycles. The van der Waals surface area contributed by atoms with E-state index in [1.165, 1.54) is 37.3 Å². The minimum atomic E-state index is -1.10. The quantitative estimate of drug-likeness (QED) is 0.833. The Morgan fingerprint density at radius 3 is 2.54 bits per heavy atom. The largest absolute Gasteiger partial charge is 0.452 e. The van der Waals surface area contributed by atoms with E-state index in [-0.39, 0.29) is 22.7 Å². The van der Waals surface area contributed by atoms with Crippen molar-refractivity contribution in [2.24, 2.45) is 0 Å². The van der Waals surface area contributed by atoms with Crippen LogP contribution in [0.2, 0.25) is 5.02 Å². The molecule has 0 spiro atoms. The van der Waals surface area contributed by atoms with E-state index in [2.05, 4.69) is 5.32 Å². The number of hydrogen-bond donors (Lipinski definition) is 1. The summed E-state index contributed by atoms with van der Waals surface area (Å²) < 4.78 is 31.5. The van der Waals surface area contributed by atoms with Gasteiger partial charge in [0.2, 0.25) is 0 Å². The number of hydrogen-bond acceptors (Lipinski definition) is 3. The molecule has 1 N–H and O–H groups in total. The van der Waals surface area contributed by atoms with Crippen LogP contribution >= 0.6 is 11.6 Å². The van der Waals surface area contributed by atoms with Gasteiger partial charge in [-0.2, -0.15) is 0 Å². The Hall–Kier alpha value is -2.47. The topological polar surface area (TPSA) is 55.4 Å². The Morgan fingerprint density at radius 2 is 1.88 bits per heavy atom. The van der Waals surface area contributed by atoms with E-state index in [9.17, 15) is 18.4 Å². The zero-order valence-corrected chi connectivity index (χ0v) is 13.4. The summed E-state index contributed by atoms with van der Waals surface area (Å²) in [5.41, 5.74) is 0.448. The Kier molecular flexibility index (Phi) is 5.87. The molecule has 0 saturated heterocycles. The highest BCUT2D eigenvalue weighted by atomic mass is 35.5. The maximum atomic E-state index is 13.5. The van der Waals surface area contributed by atoms with Gasteiger partial charge < -0.3 is 10.1 Å². The molecule has 2 rings (SSSR count). The molecule has 0 saturated carbocycles. The number of ether oxygens (including phenoxy) is 1. The molecule has 0 bridgehead atoms. The third-order valence-electron chi connectivity index (χ3n) is 3.16. The minimum Gasteiger partial charge on any atom is -0.452 e. The van der Waals surface area contributed by atoms with Crippen LogP contribution in [0.15, 0.2) is 42.5 Å². The van der Waals surface area contributed by atoms with E-state index in [1.807, 2.05) is 0 Å². The van der Waals surface area contributed by atoms with Gasteiger partial charge in [-0.25, -0.2) is 8.78 Å². The lowest BCUT2D eigenvalue weighted by Gasteiger charge is -2.14. The maximum absolute atomic E-state index is 13.5. The van der Waals surface area contributed by atoms with Gasteiger partial charge in [0.05, 0.1) is 11.4 Å². The van der Waals surface area contributed by atoms with Crippen LogP contribution in [0.4, 0.5) is 14.5 Å². The number of anilines is 1. The van der Waals surface area contributed by atoms with Crippen molar-refractivity contribution < 1.29 is 23.1 Å². The van der Waals surface area contributed by atoms with Crippen molar-refractivity contribution in [3.8, 4) is 0 Å². The summed E-state index contributed by atoms with van der Waals surface area (Å²) >= 11 is 5.62. The molecule has 0 aliphatic carbocycles. The van der Waals surface area contributed by atoms with Gasteiger partial charge in [0.25, 0.3) is 5.91 Å². The third kappa shape index (κ3) is 4.76. The van der Waals surface area contributed by atoms with Crippen LogP contribution in [0.1, 0.15) is 12.5 Å². The summed E-state index contributed by atoms with van der Waals surface area (Å²) in [7, 11) is 0. The fourth-order valence-corrected chi connectivity index (χ4v) is 2.09. The minimum absolute atomic E-state index is 0.142. The molecule has 0 heterocycles. The molecule has 4 nitrogen and oxygen atoms in total. The van der Waals surface area contributed by atoms with Crippen LogP contribution in [0.3, 0.4) is 0 Å². The van der Waals surface area contributed by atoms with Crippen LogP contribution in [-0.2, 0) is 20.7 Å². The van der Waals surface area contributed by atoms with Crippen molar-refractivity contribution in [1.82, 2.24) is 0 Å². The average Bonchev–Trinajstić information content (AvgIpc) is 2.53. The summed E-state index contributed by atoms with van der Waals surface area (Å²) in [6.07, 6.45) is -1.39. The first-order valence-corrected chi connectivity index (χ1v) is 7.43. The smallest absolute Gasteiger partial charge is 0.311 e. The number of benzene rings is 2. The average molecular weight is 354 g/mol. The monoisotopic (exact) mass is 353 g/mol. The predicted octanol–water partition coefficient (Wildman–Crippen LogP) is 3.73. The third-order valence-corrected chi connectivity index (χ3v) is 3.45. The van der Waals surface area contributed by atoms with Crippen molar-refractivity contribution in [1.29, 1.82) is 0 Å². The Morgan fingerprint density at radius 1 is 1.17 bits per heavy atom. The van der Waals surface area contributed by atoms with Crippen LogP contribution in [0.25, 0.3) is 0 Å². The van der Waals surface area contributed by atoms with Gasteiger partial charge in [-0.05, 0) is 36.8 Å². The van der Waals surface area contributed by atoms with E-state index < -0.39 is 29.6 Å². The van der Waals surface area contributed by atoms with Gasteiger partial charge in [0, 0.05) is 5.69 Å². The van der Waals surface area contributed by atoms with E-state index in [0.29, 0.717) is 0 Å². The first kappa shape index (κ1) is 17.9. The first-order chi connectivity index (χ1) is 11.4. The van der Waals surface area contributed by atoms with Gasteiger partial charge >= 0.3 is 5.97 Å². The molecule has 0 aromatic heterocycles. The van der Waals surface area contributed by atoms with Gasteiger partial charge in [0.15, 0.2) is 6.10 Å². The number of carbonyl (C=O) groups is 2. The second-order valence-electron chi connectivity index (χ2n) is 5.02. The second kappa shape index (κ2) is 7.88. The summed E-state index contributed by atoms with van der Waals surface area (Å²) in [5, 5.41) is 2.31. The number of nitrogens with one attached hydrogen (secondary N) is 1. The number of halogens is 3. The van der Waals surface area contributed by atoms with Gasteiger partial charge in [0.1, 0.15) is 11.6 Å². The lowest BCUT2D eigenvalue weighted by molar-refractivity contribution is -0.152. The number of amides is 1. The molecule has 2 aromatic carbocycles. The Bertz CT molecular complexity index is 767. The number of esters is 1. The molecule has 0 radical (unpaired) electrons. The van der Waals surface area contributed by atoms with Crippen molar-refractivity contribution in [2.75, 3.05) is 5.32 Å². The van der Waals surface area contributed by atoms with E-state index >= 15 is 0 Å². The van der Waals surface area contributed by atoms with Crippen molar-refractivity contribution in [2.45, 2.75) is 19.4 Å². The predicted molar refractivity (Wildman–Crippen MR) is 85.7 cm³/mol. The van der Waals surface area contributed by atoms with Crippen molar-refractivity contribution in [3.63, 3.8) is 0 Å². The fourth-order valence-electron chi connectivity index (χ4n) is 1.91. The highest BCUT2D eigenvalue weighted by molar-refractivity contribution is 6.31. The first-order valence-electron chi connectivity index (χ1n) is 7.05. The highest BCUT2D eigenvalue weighted by Gasteiger charge is 2.19. The number of carbonyl (C=O) groups excluding carboxylic acids is 2. The molecule has 1 atom stereocenters. The fraction of sp³-hybridized carbons (Fsp3) is 0.176. The zero-order valence-electron chi connectivity index (χ0n) is 12.7. The van der Waals surface area contributed by atoms with Gasteiger partial charge in [-0.3, -0.25) is 9.59 Å². The summed E-state index contributed by atoms with van der Waals surface area (Å²) in [6.45, 7) is 1.37. The molecule has 0 fully saturated rings. The van der Waals surface area contributed by atoms with E-state index in [1.54, 1.807) is 6.07 Å². The van der Waals surface area contributed by atoms with Crippen molar-refractivity contribution in [3.05, 3.63) is 64.7 Å². The Labute approximate surface area is 142 Å². The van der Waals surface area contributed by atoms with Crippen LogP contribution < -0.4 is 5.32 Å². The molecule has 126 valence electrons. The Balaban J connectivity index is 1.92. The van der Waals surface area contributed by atoms with Crippen LogP contribution in [0.5, 0.6) is 0 Å². The standard InChI is InChI=1S/C17H14ClF2NO3/c1-10(17(23)21-12-6-7-15(20)13(18)9-12)24-16(22)8-11-4-2-3-5-14(11)19/h2-7,9-10H,8H2,1H3,(H,21,23)/t10-/m1/s1. The highest BCUT2D eigenvalue weighted by Crippen LogP contribution is 2.19. The van der Waals surface area contributed by atoms with Crippen LogP contribution in [-0.4, -0.2) is 18.0 Å². The SMILES string of the molecule is C[C@@H](OC(=O)Cc1ccccc1F)C(=O)Nc1ccc(F)c(Cl)c1.